The van der Waals surface area contributed by atoms with Gasteiger partial charge in [-0.1, -0.05) is 121 Å². The normalized spacial score (nSPS) is 13.2. The van der Waals surface area contributed by atoms with Gasteiger partial charge in [0.25, 0.3) is 6.71 Å². The Bertz CT molecular complexity index is 3040. The van der Waals surface area contributed by atoms with Gasteiger partial charge in [-0.25, -0.2) is 0 Å². The molecule has 4 heterocycles. The van der Waals surface area contributed by atoms with Crippen LogP contribution in [0.1, 0.15) is 0 Å². The van der Waals surface area contributed by atoms with Crippen LogP contribution in [0, 0.1) is 0 Å². The van der Waals surface area contributed by atoms with Crippen molar-refractivity contribution in [1.29, 1.82) is 0 Å². The van der Waals surface area contributed by atoms with Crippen LogP contribution in [-0.2, 0) is 0 Å². The Balaban J connectivity index is 1.08. The quantitative estimate of drug-likeness (QED) is 0.133. The number of fused-ring (bicyclic) bond motifs is 12. The maximum absolute atomic E-state index is 2.54. The van der Waals surface area contributed by atoms with E-state index in [1.165, 1.54) is 103 Å². The van der Waals surface area contributed by atoms with Crippen molar-refractivity contribution < 1.29 is 0 Å². The predicted molar refractivity (Wildman–Crippen MR) is 232 cm³/mol. The Labute approximate surface area is 315 Å². The van der Waals surface area contributed by atoms with Crippen LogP contribution in [0.5, 0.6) is 0 Å². The zero-order valence-electron chi connectivity index (χ0n) is 28.5. The molecule has 2 aliphatic heterocycles. The lowest BCUT2D eigenvalue weighted by Gasteiger charge is -2.41. The summed E-state index contributed by atoms with van der Waals surface area (Å²) in [6, 6.07) is 62.8. The molecule has 246 valence electrons. The van der Waals surface area contributed by atoms with Crippen LogP contribution < -0.4 is 24.8 Å². The van der Waals surface area contributed by atoms with Crippen molar-refractivity contribution in [3.63, 3.8) is 0 Å². The molecule has 0 unspecified atom stereocenters. The minimum absolute atomic E-state index is 0.179. The maximum Gasteiger partial charge on any atom is 0.277 e. The second-order valence-electron chi connectivity index (χ2n) is 14.0. The molecular weight excluding hydrogens is 679 g/mol. The Hall–Kier alpha value is -6.14. The third-order valence-corrected chi connectivity index (χ3v) is 13.5. The lowest BCUT2D eigenvalue weighted by Crippen LogP contribution is -2.59. The largest absolute Gasteiger partial charge is 0.311 e. The van der Waals surface area contributed by atoms with E-state index < -0.39 is 0 Å². The van der Waals surface area contributed by atoms with E-state index in [0.29, 0.717) is 0 Å². The number of benzene rings is 8. The topological polar surface area (TPSA) is 6.48 Å². The first kappa shape index (κ1) is 29.4. The van der Waals surface area contributed by atoms with Gasteiger partial charge in [-0.15, -0.1) is 11.3 Å². The molecule has 0 aliphatic carbocycles. The molecule has 0 N–H and O–H groups in total. The number of hydrogen-bond acceptors (Lipinski definition) is 4. The fourth-order valence-corrected chi connectivity index (χ4v) is 11.5. The van der Waals surface area contributed by atoms with Gasteiger partial charge in [0.2, 0.25) is 0 Å². The molecule has 0 radical (unpaired) electrons. The molecule has 8 aromatic carbocycles. The monoisotopic (exact) mass is 708 g/mol. The van der Waals surface area contributed by atoms with Crippen LogP contribution in [0.2, 0.25) is 0 Å². The third kappa shape index (κ3) is 4.09. The average molecular weight is 709 g/mol. The molecule has 10 aromatic rings. The van der Waals surface area contributed by atoms with Crippen LogP contribution in [-0.4, -0.2) is 6.71 Å². The lowest BCUT2D eigenvalue weighted by molar-refractivity contribution is 1.27. The third-order valence-electron chi connectivity index (χ3n) is 11.3. The first-order chi connectivity index (χ1) is 26.3. The van der Waals surface area contributed by atoms with E-state index in [4.69, 9.17) is 0 Å². The van der Waals surface area contributed by atoms with Gasteiger partial charge < -0.3 is 9.80 Å². The van der Waals surface area contributed by atoms with Crippen LogP contribution in [0.25, 0.3) is 53.5 Å². The molecule has 0 saturated carbocycles. The Morgan fingerprint density at radius 2 is 1.00 bits per heavy atom. The Morgan fingerprint density at radius 1 is 0.415 bits per heavy atom. The van der Waals surface area contributed by atoms with Gasteiger partial charge in [0.15, 0.2) is 0 Å². The van der Waals surface area contributed by atoms with Crippen molar-refractivity contribution in [2.45, 2.75) is 0 Å². The molecule has 2 aromatic heterocycles. The minimum Gasteiger partial charge on any atom is -0.311 e. The molecule has 2 nitrogen and oxygen atoms in total. The second kappa shape index (κ2) is 11.2. The number of thiophene rings is 2. The summed E-state index contributed by atoms with van der Waals surface area (Å²) in [5.74, 6) is 0. The summed E-state index contributed by atoms with van der Waals surface area (Å²) >= 11 is 3.83. The molecule has 0 spiro atoms. The summed E-state index contributed by atoms with van der Waals surface area (Å²) in [6.07, 6.45) is 0. The Kier molecular flexibility index (Phi) is 6.21. The number of anilines is 6. The van der Waals surface area contributed by atoms with E-state index >= 15 is 0 Å². The number of para-hydroxylation sites is 1. The summed E-state index contributed by atoms with van der Waals surface area (Å²) < 4.78 is 4.15. The van der Waals surface area contributed by atoms with Gasteiger partial charge in [0.05, 0.1) is 11.4 Å². The molecule has 0 amide bonds. The standard InChI is InChI=1S/C48H29BN2S2/c1-2-12-31(13-3-1)50-40-21-11-22-41-45(40)49(47-42(50)28-29-52-47)48-46(39-18-8-9-23-43(39)53-48)51(41)32-26-24-30(25-27-32)33-19-10-20-38-36-15-5-4-14-34(36)35-16-6-7-17-37(35)44(33)38/h1-29H. The van der Waals surface area contributed by atoms with Crippen LogP contribution in [0.15, 0.2) is 175 Å². The predicted octanol–water partition coefficient (Wildman–Crippen LogP) is 12.2. The minimum atomic E-state index is 0.179. The number of hydrogen-bond donors (Lipinski definition) is 0. The SMILES string of the molecule is c1ccc(N2c3ccsc3B3c4sc5ccccc5c4N(c4ccc(-c5cccc6c7ccccc7c7ccccc7c56)cc4)c4cccc2c43)cc1. The molecule has 0 fully saturated rings. The molecular formula is C48H29BN2S2. The zero-order chi connectivity index (χ0) is 34.6. The molecule has 0 bridgehead atoms. The summed E-state index contributed by atoms with van der Waals surface area (Å²) in [5, 5.41) is 11.4. The molecule has 0 saturated heterocycles. The maximum atomic E-state index is 2.54. The van der Waals surface area contributed by atoms with Gasteiger partial charge in [-0.3, -0.25) is 0 Å². The zero-order valence-corrected chi connectivity index (χ0v) is 30.2. The van der Waals surface area contributed by atoms with Gasteiger partial charge in [0.1, 0.15) is 0 Å². The van der Waals surface area contributed by atoms with E-state index in [2.05, 4.69) is 185 Å². The first-order valence-electron chi connectivity index (χ1n) is 18.1. The summed E-state index contributed by atoms with van der Waals surface area (Å²) in [6.45, 7) is 0.179. The van der Waals surface area contributed by atoms with E-state index in [1.807, 2.05) is 22.7 Å². The van der Waals surface area contributed by atoms with Crippen molar-refractivity contribution in [3.8, 4) is 11.1 Å². The average Bonchev–Trinajstić information content (AvgIpc) is 3.87. The Morgan fingerprint density at radius 3 is 1.75 bits per heavy atom. The highest BCUT2D eigenvalue weighted by Gasteiger charge is 2.45. The summed E-state index contributed by atoms with van der Waals surface area (Å²) in [5.41, 5.74) is 11.3. The second-order valence-corrected chi connectivity index (χ2v) is 16.0. The van der Waals surface area contributed by atoms with E-state index in [0.717, 1.165) is 0 Å². The highest BCUT2D eigenvalue weighted by atomic mass is 32.1. The van der Waals surface area contributed by atoms with Crippen LogP contribution >= 0.6 is 22.7 Å². The molecule has 5 heteroatoms. The highest BCUT2D eigenvalue weighted by molar-refractivity contribution is 7.38. The van der Waals surface area contributed by atoms with Crippen molar-refractivity contribution in [2.75, 3.05) is 9.80 Å². The van der Waals surface area contributed by atoms with Crippen molar-refractivity contribution >= 4 is 121 Å². The van der Waals surface area contributed by atoms with Crippen molar-refractivity contribution in [1.82, 2.24) is 0 Å². The molecule has 2 aliphatic rings. The lowest BCUT2D eigenvalue weighted by atomic mass is 9.39. The van der Waals surface area contributed by atoms with Gasteiger partial charge in [-0.05, 0) is 103 Å². The number of nitrogens with zero attached hydrogens (tertiary/aromatic N) is 2. The van der Waals surface area contributed by atoms with Gasteiger partial charge in [0, 0.05) is 42.4 Å². The highest BCUT2D eigenvalue weighted by Crippen LogP contribution is 2.48. The summed E-state index contributed by atoms with van der Waals surface area (Å²) in [7, 11) is 0. The fraction of sp³-hybridized carbons (Fsp3) is 0. The molecule has 53 heavy (non-hydrogen) atoms. The van der Waals surface area contributed by atoms with Crippen LogP contribution in [0.4, 0.5) is 34.1 Å². The first-order valence-corrected chi connectivity index (χ1v) is 19.8. The van der Waals surface area contributed by atoms with E-state index in [9.17, 15) is 0 Å². The smallest absolute Gasteiger partial charge is 0.277 e. The van der Waals surface area contributed by atoms with Crippen molar-refractivity contribution in [3.05, 3.63) is 175 Å². The molecule has 0 atom stereocenters. The molecule has 12 rings (SSSR count). The van der Waals surface area contributed by atoms with Crippen molar-refractivity contribution in [2.24, 2.45) is 0 Å². The van der Waals surface area contributed by atoms with E-state index in [1.54, 1.807) is 0 Å². The van der Waals surface area contributed by atoms with E-state index in [-0.39, 0.29) is 6.71 Å². The van der Waals surface area contributed by atoms with Crippen LogP contribution in [0.3, 0.4) is 0 Å². The van der Waals surface area contributed by atoms with Gasteiger partial charge >= 0.3 is 0 Å². The number of rotatable bonds is 3. The van der Waals surface area contributed by atoms with Gasteiger partial charge in [-0.2, -0.15) is 11.3 Å². The summed E-state index contributed by atoms with van der Waals surface area (Å²) in [4.78, 5) is 5.01. The fourth-order valence-electron chi connectivity index (χ4n) is 9.16.